The molecule has 1 fully saturated rings. The highest BCUT2D eigenvalue weighted by atomic mass is 16.4. The Morgan fingerprint density at radius 1 is 1.36 bits per heavy atom. The van der Waals surface area contributed by atoms with Gasteiger partial charge in [0.25, 0.3) is 0 Å². The molecule has 1 aliphatic rings. The lowest BCUT2D eigenvalue weighted by Crippen LogP contribution is -2.27. The van der Waals surface area contributed by atoms with Crippen molar-refractivity contribution in [1.29, 1.82) is 0 Å². The smallest absolute Gasteiger partial charge is 0.328 e. The Kier molecular flexibility index (Phi) is 8.84. The molecular formula is C21H32O4. The first-order valence-corrected chi connectivity index (χ1v) is 9.23. The molecule has 4 heteroatoms. The van der Waals surface area contributed by atoms with Crippen LogP contribution in [0, 0.1) is 17.3 Å². The Bertz CT molecular complexity index is 528. The summed E-state index contributed by atoms with van der Waals surface area (Å²) in [5.74, 6) is -0.467. The molecule has 0 amide bonds. The number of ketones is 1. The minimum Gasteiger partial charge on any atom is -0.478 e. The van der Waals surface area contributed by atoms with Gasteiger partial charge in [0.1, 0.15) is 5.78 Å². The molecule has 1 saturated carbocycles. The van der Waals surface area contributed by atoms with E-state index in [1.807, 2.05) is 18.2 Å². The van der Waals surface area contributed by atoms with Gasteiger partial charge in [-0.25, -0.2) is 4.79 Å². The van der Waals surface area contributed by atoms with Gasteiger partial charge in [-0.05, 0) is 37.0 Å². The van der Waals surface area contributed by atoms with Gasteiger partial charge < -0.3 is 10.2 Å². The maximum atomic E-state index is 12.1. The van der Waals surface area contributed by atoms with E-state index in [9.17, 15) is 14.7 Å². The highest BCUT2D eigenvalue weighted by molar-refractivity contribution is 5.83. The van der Waals surface area contributed by atoms with Gasteiger partial charge in [0.05, 0.1) is 6.10 Å². The lowest BCUT2D eigenvalue weighted by molar-refractivity contribution is -0.131. The first-order chi connectivity index (χ1) is 11.8. The number of aliphatic hydroxyl groups is 1. The fourth-order valence-corrected chi connectivity index (χ4v) is 3.43. The number of aliphatic hydroxyl groups excluding tert-OH is 1. The molecular weight excluding hydrogens is 316 g/mol. The van der Waals surface area contributed by atoms with Gasteiger partial charge in [0.15, 0.2) is 0 Å². The van der Waals surface area contributed by atoms with Crippen molar-refractivity contribution in [1.82, 2.24) is 0 Å². The first kappa shape index (κ1) is 21.4. The summed E-state index contributed by atoms with van der Waals surface area (Å²) in [7, 11) is 0. The average Bonchev–Trinajstić information content (AvgIpc) is 2.88. The summed E-state index contributed by atoms with van der Waals surface area (Å²) in [6, 6.07) is 0. The van der Waals surface area contributed by atoms with E-state index in [0.29, 0.717) is 12.2 Å². The number of carboxylic acid groups (broad SMARTS) is 1. The van der Waals surface area contributed by atoms with E-state index < -0.39 is 12.1 Å². The van der Waals surface area contributed by atoms with Crippen molar-refractivity contribution in [3.05, 3.63) is 36.5 Å². The highest BCUT2D eigenvalue weighted by Crippen LogP contribution is 2.34. The van der Waals surface area contributed by atoms with Crippen molar-refractivity contribution in [2.75, 3.05) is 0 Å². The number of rotatable bonds is 10. The Morgan fingerprint density at radius 3 is 2.72 bits per heavy atom. The fourth-order valence-electron chi connectivity index (χ4n) is 3.43. The minimum absolute atomic E-state index is 0.00541. The molecule has 4 nitrogen and oxygen atoms in total. The molecule has 3 unspecified atom stereocenters. The number of carboxylic acids is 1. The monoisotopic (exact) mass is 348 g/mol. The third-order valence-electron chi connectivity index (χ3n) is 5.02. The highest BCUT2D eigenvalue weighted by Gasteiger charge is 2.33. The molecule has 0 aromatic carbocycles. The zero-order valence-corrected chi connectivity index (χ0v) is 15.6. The van der Waals surface area contributed by atoms with Crippen LogP contribution in [0.5, 0.6) is 0 Å². The molecule has 0 aliphatic heterocycles. The predicted molar refractivity (Wildman–Crippen MR) is 100 cm³/mol. The van der Waals surface area contributed by atoms with Gasteiger partial charge in [-0.15, -0.1) is 0 Å². The van der Waals surface area contributed by atoms with Crippen molar-refractivity contribution in [3.8, 4) is 0 Å². The van der Waals surface area contributed by atoms with E-state index in [-0.39, 0.29) is 17.3 Å². The fraction of sp³-hybridized carbons (Fsp3) is 0.619. The van der Waals surface area contributed by atoms with E-state index in [2.05, 4.69) is 20.8 Å². The largest absolute Gasteiger partial charge is 0.478 e. The van der Waals surface area contributed by atoms with Crippen LogP contribution in [0.3, 0.4) is 0 Å². The molecule has 0 bridgehead atoms. The average molecular weight is 348 g/mol. The van der Waals surface area contributed by atoms with E-state index in [1.54, 1.807) is 6.08 Å². The molecule has 0 aromatic rings. The Hall–Kier alpha value is -1.68. The van der Waals surface area contributed by atoms with Crippen LogP contribution in [-0.4, -0.2) is 28.1 Å². The number of hydrogen-bond donors (Lipinski definition) is 2. The Morgan fingerprint density at radius 2 is 2.08 bits per heavy atom. The standard InChI is InChI=1S/C21H32O4/c1-4-15-21(2,3)19(23)14-12-16-11-13-18(22)17(16)9-7-5-6-8-10-20(24)25/h5-6,8,10,12,14,16-17,19,23H,4,7,9,11,13,15H2,1-3H3,(H,24,25). The number of aliphatic carboxylic acids is 1. The van der Waals surface area contributed by atoms with Crippen molar-refractivity contribution >= 4 is 11.8 Å². The molecule has 0 spiro atoms. The normalized spacial score (nSPS) is 23.3. The SMILES string of the molecule is CCCC(C)(C)C(O)C=CC1CCC(=O)C1CCC=CC=CC(=O)O. The lowest BCUT2D eigenvalue weighted by atomic mass is 9.81. The molecule has 1 aliphatic carbocycles. The van der Waals surface area contributed by atoms with Gasteiger partial charge in [0, 0.05) is 18.4 Å². The van der Waals surface area contributed by atoms with Crippen molar-refractivity contribution in [2.24, 2.45) is 17.3 Å². The predicted octanol–water partition coefficient (Wildman–Crippen LogP) is 4.30. The number of hydrogen-bond acceptors (Lipinski definition) is 3. The van der Waals surface area contributed by atoms with Gasteiger partial charge in [-0.1, -0.05) is 57.6 Å². The summed E-state index contributed by atoms with van der Waals surface area (Å²) in [6.45, 7) is 6.25. The summed E-state index contributed by atoms with van der Waals surface area (Å²) in [6.07, 6.45) is 14.5. The van der Waals surface area contributed by atoms with Gasteiger partial charge in [-0.3, -0.25) is 4.79 Å². The van der Waals surface area contributed by atoms with Crippen LogP contribution >= 0.6 is 0 Å². The number of carbonyl (C=O) groups is 2. The second-order valence-corrected chi connectivity index (χ2v) is 7.55. The maximum absolute atomic E-state index is 12.1. The van der Waals surface area contributed by atoms with Crippen LogP contribution in [0.25, 0.3) is 0 Å². The molecule has 0 aromatic heterocycles. The summed E-state index contributed by atoms with van der Waals surface area (Å²) >= 11 is 0. The third kappa shape index (κ3) is 7.39. The van der Waals surface area contributed by atoms with E-state index in [4.69, 9.17) is 5.11 Å². The summed E-state index contributed by atoms with van der Waals surface area (Å²) < 4.78 is 0. The quantitative estimate of drug-likeness (QED) is 0.351. The van der Waals surface area contributed by atoms with Crippen LogP contribution in [-0.2, 0) is 9.59 Å². The van der Waals surface area contributed by atoms with Gasteiger partial charge in [0.2, 0.25) is 0 Å². The Labute approximate surface area is 151 Å². The molecule has 0 heterocycles. The maximum Gasteiger partial charge on any atom is 0.328 e. The number of carbonyl (C=O) groups excluding carboxylic acids is 1. The van der Waals surface area contributed by atoms with Crippen LogP contribution in [0.15, 0.2) is 36.5 Å². The summed E-state index contributed by atoms with van der Waals surface area (Å²) in [4.78, 5) is 22.5. The molecule has 0 saturated heterocycles. The second kappa shape index (κ2) is 10.3. The summed E-state index contributed by atoms with van der Waals surface area (Å²) in [5, 5.41) is 18.9. The van der Waals surface area contributed by atoms with Crippen LogP contribution < -0.4 is 0 Å². The first-order valence-electron chi connectivity index (χ1n) is 9.23. The van der Waals surface area contributed by atoms with Gasteiger partial charge in [-0.2, -0.15) is 0 Å². The summed E-state index contributed by atoms with van der Waals surface area (Å²) in [5.41, 5.74) is -0.150. The number of Topliss-reactive ketones (excluding diaryl/α,β-unsaturated/α-hetero) is 1. The molecule has 25 heavy (non-hydrogen) atoms. The Balaban J connectivity index is 2.57. The van der Waals surface area contributed by atoms with E-state index in [0.717, 1.165) is 38.2 Å². The third-order valence-corrected chi connectivity index (χ3v) is 5.02. The minimum atomic E-state index is -0.967. The van der Waals surface area contributed by atoms with E-state index in [1.165, 1.54) is 6.08 Å². The second-order valence-electron chi connectivity index (χ2n) is 7.55. The molecule has 2 N–H and O–H groups in total. The van der Waals surface area contributed by atoms with Crippen molar-refractivity contribution in [3.63, 3.8) is 0 Å². The molecule has 3 atom stereocenters. The van der Waals surface area contributed by atoms with Crippen LogP contribution in [0.2, 0.25) is 0 Å². The molecule has 140 valence electrons. The van der Waals surface area contributed by atoms with Crippen molar-refractivity contribution in [2.45, 2.75) is 65.4 Å². The number of allylic oxidation sites excluding steroid dienone is 4. The molecule has 1 rings (SSSR count). The van der Waals surface area contributed by atoms with Crippen LogP contribution in [0.4, 0.5) is 0 Å². The zero-order chi connectivity index (χ0) is 18.9. The zero-order valence-electron chi connectivity index (χ0n) is 15.6. The lowest BCUT2D eigenvalue weighted by Gasteiger charge is -2.28. The van der Waals surface area contributed by atoms with Crippen molar-refractivity contribution < 1.29 is 19.8 Å². The van der Waals surface area contributed by atoms with Crippen LogP contribution in [0.1, 0.15) is 59.3 Å². The topological polar surface area (TPSA) is 74.6 Å². The molecule has 0 radical (unpaired) electrons. The van der Waals surface area contributed by atoms with E-state index >= 15 is 0 Å². The van der Waals surface area contributed by atoms with Gasteiger partial charge >= 0.3 is 5.97 Å².